The van der Waals surface area contributed by atoms with Gasteiger partial charge in [-0.25, -0.2) is 9.78 Å². The van der Waals surface area contributed by atoms with Crippen LogP contribution in [-0.4, -0.2) is 40.0 Å². The molecule has 38 heavy (non-hydrogen) atoms. The monoisotopic (exact) mass is 530 g/mol. The summed E-state index contributed by atoms with van der Waals surface area (Å²) < 4.78 is 7.44. The molecule has 4 aromatic rings. The number of anilines is 1. The van der Waals surface area contributed by atoms with Gasteiger partial charge in [-0.05, 0) is 49.6 Å². The van der Waals surface area contributed by atoms with Crippen LogP contribution in [0.4, 0.5) is 10.5 Å². The topological polar surface area (TPSA) is 76.5 Å². The highest BCUT2D eigenvalue weighted by Crippen LogP contribution is 2.25. The number of aromatic nitrogens is 2. The minimum atomic E-state index is -0.269. The number of rotatable bonds is 12. The van der Waals surface area contributed by atoms with Crippen molar-refractivity contribution in [3.8, 4) is 0 Å². The van der Waals surface area contributed by atoms with E-state index < -0.39 is 0 Å². The number of nitrogens with one attached hydrogen (secondary N) is 1. The molecule has 0 fully saturated rings. The smallest absolute Gasteiger partial charge is 0.326 e. The number of para-hydroxylation sites is 3. The third-order valence-electron chi connectivity index (χ3n) is 6.17. The average molecular weight is 531 g/mol. The van der Waals surface area contributed by atoms with E-state index in [1.165, 1.54) is 0 Å². The van der Waals surface area contributed by atoms with Crippen LogP contribution in [0.2, 0.25) is 0 Å². The highest BCUT2D eigenvalue weighted by atomic mass is 32.2. The number of ether oxygens (including phenoxy) is 1. The minimum absolute atomic E-state index is 0.116. The second kappa shape index (κ2) is 13.7. The molecule has 0 saturated heterocycles. The first-order valence-electron chi connectivity index (χ1n) is 13.0. The normalized spacial score (nSPS) is 11.7. The Hall–Kier alpha value is -3.78. The molecule has 0 aliphatic carbocycles. The van der Waals surface area contributed by atoms with Crippen LogP contribution in [-0.2, 0) is 22.6 Å². The van der Waals surface area contributed by atoms with Crippen LogP contribution in [0.25, 0.3) is 11.0 Å². The van der Waals surface area contributed by atoms with E-state index in [4.69, 9.17) is 9.72 Å². The van der Waals surface area contributed by atoms with Crippen molar-refractivity contribution in [1.82, 2.24) is 14.9 Å². The van der Waals surface area contributed by atoms with Gasteiger partial charge in [0.25, 0.3) is 0 Å². The Morgan fingerprint density at radius 2 is 1.68 bits per heavy atom. The van der Waals surface area contributed by atoms with Gasteiger partial charge in [0.1, 0.15) is 6.54 Å². The molecule has 1 N–H and O–H groups in total. The average Bonchev–Trinajstić information content (AvgIpc) is 3.29. The van der Waals surface area contributed by atoms with E-state index in [0.29, 0.717) is 13.1 Å². The molecule has 1 atom stereocenters. The highest BCUT2D eigenvalue weighted by Gasteiger charge is 2.18. The highest BCUT2D eigenvalue weighted by molar-refractivity contribution is 7.99. The van der Waals surface area contributed by atoms with Gasteiger partial charge in [-0.15, -0.1) is 0 Å². The maximum absolute atomic E-state index is 13.1. The van der Waals surface area contributed by atoms with Crippen molar-refractivity contribution in [2.24, 2.45) is 0 Å². The zero-order valence-corrected chi connectivity index (χ0v) is 22.7. The van der Waals surface area contributed by atoms with Gasteiger partial charge in [-0.2, -0.15) is 0 Å². The van der Waals surface area contributed by atoms with Gasteiger partial charge in [0.15, 0.2) is 5.16 Å². The molecule has 198 valence electrons. The minimum Gasteiger partial charge on any atom is -0.461 e. The van der Waals surface area contributed by atoms with Crippen molar-refractivity contribution in [2.45, 2.75) is 51.0 Å². The molecular weight excluding hydrogens is 496 g/mol. The van der Waals surface area contributed by atoms with Crippen molar-refractivity contribution >= 4 is 40.5 Å². The summed E-state index contributed by atoms with van der Waals surface area (Å²) in [5.74, 6) is 0.466. The van der Waals surface area contributed by atoms with Gasteiger partial charge < -0.3 is 14.6 Å². The molecule has 7 nitrogen and oxygen atoms in total. The molecule has 0 bridgehead atoms. The molecule has 8 heteroatoms. The fourth-order valence-electron chi connectivity index (χ4n) is 4.00. The predicted molar refractivity (Wildman–Crippen MR) is 153 cm³/mol. The Labute approximate surface area is 228 Å². The maximum Gasteiger partial charge on any atom is 0.326 e. The van der Waals surface area contributed by atoms with Gasteiger partial charge in [0.2, 0.25) is 0 Å². The maximum atomic E-state index is 13.1. The summed E-state index contributed by atoms with van der Waals surface area (Å²) in [6.07, 6.45) is 1.40. The number of hydrogen-bond donors (Lipinski definition) is 1. The molecule has 3 aromatic carbocycles. The van der Waals surface area contributed by atoms with Gasteiger partial charge in [0, 0.05) is 24.5 Å². The van der Waals surface area contributed by atoms with Gasteiger partial charge >= 0.3 is 12.0 Å². The van der Waals surface area contributed by atoms with Crippen LogP contribution in [0.1, 0.15) is 32.3 Å². The standard InChI is InChI=1S/C30H34N4O3S/c1-3-23(2)37-28(35)22-34-27-18-11-10-17-26(27)32-30(34)38-20-12-19-33(25-15-8-5-9-16-25)29(36)31-21-24-13-6-4-7-14-24/h4-11,13-18,23H,3,12,19-22H2,1-2H3,(H,31,36). The van der Waals surface area contributed by atoms with Gasteiger partial charge in [-0.1, -0.05) is 79.3 Å². The SMILES string of the molecule is CCC(C)OC(=O)Cn1c(SCCCN(C(=O)NCc2ccccc2)c2ccccc2)nc2ccccc21. The summed E-state index contributed by atoms with van der Waals surface area (Å²) in [5, 5.41) is 3.81. The van der Waals surface area contributed by atoms with Crippen LogP contribution < -0.4 is 10.2 Å². The number of fused-ring (bicyclic) bond motifs is 1. The fraction of sp³-hybridized carbons (Fsp3) is 0.300. The summed E-state index contributed by atoms with van der Waals surface area (Å²) in [4.78, 5) is 32.2. The lowest BCUT2D eigenvalue weighted by atomic mass is 10.2. The molecule has 0 aliphatic rings. The summed E-state index contributed by atoms with van der Waals surface area (Å²) in [6, 6.07) is 27.2. The van der Waals surface area contributed by atoms with E-state index in [-0.39, 0.29) is 24.6 Å². The molecule has 0 radical (unpaired) electrons. The molecular formula is C30H34N4O3S. The second-order valence-corrected chi connectivity index (χ2v) is 10.1. The van der Waals surface area contributed by atoms with E-state index in [2.05, 4.69) is 5.32 Å². The lowest BCUT2D eigenvalue weighted by Gasteiger charge is -2.23. The first kappa shape index (κ1) is 27.3. The summed E-state index contributed by atoms with van der Waals surface area (Å²) in [5.41, 5.74) is 3.65. The van der Waals surface area contributed by atoms with Gasteiger partial charge in [0.05, 0.1) is 17.1 Å². The van der Waals surface area contributed by atoms with Crippen LogP contribution in [0.5, 0.6) is 0 Å². The Balaban J connectivity index is 1.40. The molecule has 0 aliphatic heterocycles. The van der Waals surface area contributed by atoms with E-state index in [0.717, 1.165) is 46.0 Å². The van der Waals surface area contributed by atoms with Crippen molar-refractivity contribution < 1.29 is 14.3 Å². The number of thioether (sulfide) groups is 1. The van der Waals surface area contributed by atoms with Crippen molar-refractivity contribution in [3.05, 3.63) is 90.5 Å². The predicted octanol–water partition coefficient (Wildman–Crippen LogP) is 6.28. The molecule has 0 spiro atoms. The Morgan fingerprint density at radius 3 is 2.42 bits per heavy atom. The van der Waals surface area contributed by atoms with Crippen molar-refractivity contribution in [2.75, 3.05) is 17.2 Å². The molecule has 1 aromatic heterocycles. The lowest BCUT2D eigenvalue weighted by molar-refractivity contribution is -0.149. The summed E-state index contributed by atoms with van der Waals surface area (Å²) in [7, 11) is 0. The zero-order valence-electron chi connectivity index (χ0n) is 21.9. The van der Waals surface area contributed by atoms with E-state index in [1.807, 2.05) is 103 Å². The molecule has 4 rings (SSSR count). The first-order chi connectivity index (χ1) is 18.5. The van der Waals surface area contributed by atoms with Crippen molar-refractivity contribution in [3.63, 3.8) is 0 Å². The molecule has 0 saturated carbocycles. The lowest BCUT2D eigenvalue weighted by Crippen LogP contribution is -2.40. The van der Waals surface area contributed by atoms with E-state index in [1.54, 1.807) is 16.7 Å². The Bertz CT molecular complexity index is 1330. The number of benzene rings is 3. The van der Waals surface area contributed by atoms with Gasteiger partial charge in [-0.3, -0.25) is 9.69 Å². The Kier molecular flexibility index (Phi) is 9.81. The summed E-state index contributed by atoms with van der Waals surface area (Å²) >= 11 is 1.58. The third-order valence-corrected chi connectivity index (χ3v) is 7.23. The van der Waals surface area contributed by atoms with Crippen LogP contribution in [0, 0.1) is 0 Å². The number of esters is 1. The van der Waals surface area contributed by atoms with E-state index in [9.17, 15) is 9.59 Å². The van der Waals surface area contributed by atoms with Crippen molar-refractivity contribution in [1.29, 1.82) is 0 Å². The number of carbonyl (C=O) groups is 2. The molecule has 2 amide bonds. The number of carbonyl (C=O) groups excluding carboxylic acids is 2. The molecule has 1 heterocycles. The number of amides is 2. The fourth-order valence-corrected chi connectivity index (χ4v) is 4.94. The number of imidazole rings is 1. The van der Waals surface area contributed by atoms with E-state index >= 15 is 0 Å². The van der Waals surface area contributed by atoms with Crippen LogP contribution in [0.3, 0.4) is 0 Å². The van der Waals surface area contributed by atoms with Crippen LogP contribution >= 0.6 is 11.8 Å². The first-order valence-corrected chi connectivity index (χ1v) is 14.0. The zero-order chi connectivity index (χ0) is 26.7. The summed E-state index contributed by atoms with van der Waals surface area (Å²) in [6.45, 7) is 5.02. The number of urea groups is 1. The Morgan fingerprint density at radius 1 is 1.00 bits per heavy atom. The number of nitrogens with zero attached hydrogens (tertiary/aromatic N) is 3. The largest absolute Gasteiger partial charge is 0.461 e. The number of hydrogen-bond acceptors (Lipinski definition) is 5. The van der Waals surface area contributed by atoms with Crippen LogP contribution in [0.15, 0.2) is 90.1 Å². The third kappa shape index (κ3) is 7.38. The quantitative estimate of drug-likeness (QED) is 0.133. The second-order valence-electron chi connectivity index (χ2n) is 9.01. The molecule has 1 unspecified atom stereocenters.